The predicted octanol–water partition coefficient (Wildman–Crippen LogP) is 2.37. The molecule has 1 fully saturated rings. The van der Waals surface area contributed by atoms with E-state index in [0.29, 0.717) is 55.7 Å². The Labute approximate surface area is 244 Å². The van der Waals surface area contributed by atoms with Crippen LogP contribution in [-0.2, 0) is 47.0 Å². The van der Waals surface area contributed by atoms with Crippen molar-refractivity contribution < 1.29 is 36.6 Å². The number of aromatic nitrogens is 2. The molecule has 1 unspecified atom stereocenters. The number of piperidine rings is 1. The first-order valence-corrected chi connectivity index (χ1v) is 16.1. The van der Waals surface area contributed by atoms with E-state index < -0.39 is 27.9 Å². The number of fused-ring (bicyclic) bond motifs is 1. The molecule has 0 radical (unpaired) electrons. The van der Waals surface area contributed by atoms with Crippen LogP contribution >= 0.6 is 0 Å². The summed E-state index contributed by atoms with van der Waals surface area (Å²) in [7, 11) is -3.54. The normalized spacial score (nSPS) is 18.3. The number of hydrogen-bond acceptors (Lipinski definition) is 7. The molecule has 2 aliphatic heterocycles. The van der Waals surface area contributed by atoms with Crippen LogP contribution in [0.25, 0.3) is 11.3 Å². The predicted molar refractivity (Wildman–Crippen MR) is 151 cm³/mol. The largest absolute Gasteiger partial charge is 0.416 e. The molecule has 1 aromatic heterocycles. The number of carbonyl (C=O) groups is 1. The zero-order chi connectivity index (χ0) is 30.8. The Morgan fingerprint density at radius 3 is 2.48 bits per heavy atom. The number of carbonyl (C=O) groups excluding carboxylic acids is 1. The fourth-order valence-electron chi connectivity index (χ4n) is 5.59. The zero-order valence-corrected chi connectivity index (χ0v) is 25.0. The first-order chi connectivity index (χ1) is 19.6. The van der Waals surface area contributed by atoms with Gasteiger partial charge in [0.25, 0.3) is 0 Å². The Balaban J connectivity index is 1.67. The number of sulfonamides is 1. The second-order valence-electron chi connectivity index (χ2n) is 11.7. The number of amides is 1. The molecule has 1 atom stereocenters. The maximum absolute atomic E-state index is 13.9. The number of nitrogens with one attached hydrogen (secondary N) is 1. The molecule has 1 aromatic carbocycles. The smallest absolute Gasteiger partial charge is 0.393 e. The van der Waals surface area contributed by atoms with Crippen LogP contribution in [0, 0.1) is 5.92 Å². The molecular weight excluding hydrogens is 575 g/mol. The summed E-state index contributed by atoms with van der Waals surface area (Å²) in [6.07, 6.45) is -2.91. The van der Waals surface area contributed by atoms with E-state index in [1.54, 1.807) is 4.68 Å². The molecule has 0 aliphatic carbocycles. The van der Waals surface area contributed by atoms with Crippen molar-refractivity contribution in [2.75, 3.05) is 32.4 Å². The first-order valence-electron chi connectivity index (χ1n) is 14.2. The van der Waals surface area contributed by atoms with Crippen LogP contribution in [0.4, 0.5) is 13.2 Å². The number of hydrogen-bond donors (Lipinski definition) is 3. The Bertz CT molecular complexity index is 1370. The van der Waals surface area contributed by atoms with E-state index in [2.05, 4.69) is 10.2 Å². The Hall–Kier alpha value is -2.52. The van der Waals surface area contributed by atoms with Crippen molar-refractivity contribution in [2.24, 2.45) is 5.92 Å². The van der Waals surface area contributed by atoms with Gasteiger partial charge in [0.15, 0.2) is 0 Å². The number of β-amino-alcohol motifs (C(OH)–C–C–N with tert-alkyl or cyclic N) is 1. The highest BCUT2D eigenvalue weighted by Crippen LogP contribution is 2.37. The average Bonchev–Trinajstić information content (AvgIpc) is 3.24. The number of likely N-dealkylation sites (tertiary alicyclic amines) is 1. The summed E-state index contributed by atoms with van der Waals surface area (Å²) in [5.74, 6) is -0.310. The van der Waals surface area contributed by atoms with Crippen molar-refractivity contribution in [1.82, 2.24) is 24.3 Å². The maximum atomic E-state index is 13.9. The summed E-state index contributed by atoms with van der Waals surface area (Å²) in [5, 5.41) is 27.9. The topological polar surface area (TPSA) is 128 Å². The van der Waals surface area contributed by atoms with E-state index >= 15 is 0 Å². The van der Waals surface area contributed by atoms with Gasteiger partial charge in [-0.15, -0.1) is 0 Å². The highest BCUT2D eigenvalue weighted by atomic mass is 32.2. The molecule has 14 heteroatoms. The lowest BCUT2D eigenvalue weighted by Crippen LogP contribution is -2.41. The molecule has 3 N–H and O–H groups in total. The van der Waals surface area contributed by atoms with Crippen molar-refractivity contribution in [3.8, 4) is 11.3 Å². The lowest BCUT2D eigenvalue weighted by molar-refractivity contribution is -0.138. The standard InChI is InChI=1S/C28H40F3N5O5S/c1-18(2)12-26(39)32-14-20-13-19(4-5-24(20)28(29,30)31)27-23-17-35(42(3,40)41)11-8-25(23)36(33-27)16-22(38)15-34-9-6-21(37)7-10-34/h4-5,13,18,21-22,37-38H,6-12,14-17H2,1-3H3,(H,32,39). The summed E-state index contributed by atoms with van der Waals surface area (Å²) in [6, 6.07) is 3.62. The molecule has 0 bridgehead atoms. The molecule has 2 aliphatic rings. The van der Waals surface area contributed by atoms with Crippen molar-refractivity contribution in [3.63, 3.8) is 0 Å². The summed E-state index contributed by atoms with van der Waals surface area (Å²) in [4.78, 5) is 14.3. The summed E-state index contributed by atoms with van der Waals surface area (Å²) in [6.45, 7) is 5.39. The molecule has 1 amide bonds. The third-order valence-corrected chi connectivity index (χ3v) is 8.98. The van der Waals surface area contributed by atoms with Gasteiger partial charge in [0, 0.05) is 68.9 Å². The molecule has 0 saturated carbocycles. The minimum absolute atomic E-state index is 0.00505. The highest BCUT2D eigenvalue weighted by Gasteiger charge is 2.35. The SMILES string of the molecule is CC(C)CC(=O)NCc1cc(-c2nn(CC(O)CN3CCC(O)CC3)c3c2CN(S(C)(=O)=O)CC3)ccc1C(F)(F)F. The number of aliphatic hydroxyl groups is 2. The van der Waals surface area contributed by atoms with Gasteiger partial charge in [0.05, 0.1) is 36.3 Å². The van der Waals surface area contributed by atoms with Crippen molar-refractivity contribution in [1.29, 1.82) is 0 Å². The van der Waals surface area contributed by atoms with Gasteiger partial charge >= 0.3 is 6.18 Å². The van der Waals surface area contributed by atoms with E-state index in [-0.39, 0.29) is 56.1 Å². The van der Waals surface area contributed by atoms with Gasteiger partial charge in [-0.1, -0.05) is 19.9 Å². The Morgan fingerprint density at radius 1 is 1.17 bits per heavy atom. The Morgan fingerprint density at radius 2 is 1.86 bits per heavy atom. The minimum atomic E-state index is -4.64. The molecule has 234 valence electrons. The van der Waals surface area contributed by atoms with Crippen LogP contribution in [0.3, 0.4) is 0 Å². The van der Waals surface area contributed by atoms with Crippen LogP contribution in [0.5, 0.6) is 0 Å². The summed E-state index contributed by atoms with van der Waals surface area (Å²) < 4.78 is 69.3. The lowest BCUT2D eigenvalue weighted by atomic mass is 9.97. The molecule has 1 saturated heterocycles. The second kappa shape index (κ2) is 13.0. The van der Waals surface area contributed by atoms with Gasteiger partial charge in [-0.2, -0.15) is 22.6 Å². The van der Waals surface area contributed by atoms with E-state index in [4.69, 9.17) is 5.10 Å². The second-order valence-corrected chi connectivity index (χ2v) is 13.7. The molecule has 0 spiro atoms. The van der Waals surface area contributed by atoms with Crippen LogP contribution in [-0.4, -0.2) is 88.2 Å². The van der Waals surface area contributed by atoms with E-state index in [9.17, 15) is 36.6 Å². The van der Waals surface area contributed by atoms with E-state index in [1.807, 2.05) is 13.8 Å². The number of aliphatic hydroxyl groups excluding tert-OH is 2. The van der Waals surface area contributed by atoms with Gasteiger partial charge in [-0.3, -0.25) is 9.48 Å². The monoisotopic (exact) mass is 615 g/mol. The van der Waals surface area contributed by atoms with Gasteiger partial charge in [-0.25, -0.2) is 8.42 Å². The van der Waals surface area contributed by atoms with Crippen molar-refractivity contribution in [2.45, 2.75) is 77.5 Å². The fourth-order valence-corrected chi connectivity index (χ4v) is 6.38. The van der Waals surface area contributed by atoms with Crippen LogP contribution in [0.15, 0.2) is 18.2 Å². The number of halogens is 3. The lowest BCUT2D eigenvalue weighted by Gasteiger charge is -2.31. The maximum Gasteiger partial charge on any atom is 0.416 e. The summed E-state index contributed by atoms with van der Waals surface area (Å²) >= 11 is 0. The molecule has 2 aromatic rings. The van der Waals surface area contributed by atoms with Crippen molar-refractivity contribution in [3.05, 3.63) is 40.6 Å². The average molecular weight is 616 g/mol. The van der Waals surface area contributed by atoms with Gasteiger partial charge < -0.3 is 20.4 Å². The molecule has 4 rings (SSSR count). The third kappa shape index (κ3) is 8.10. The first kappa shape index (κ1) is 32.4. The Kier molecular flexibility index (Phi) is 10.0. The van der Waals surface area contributed by atoms with Crippen LogP contribution < -0.4 is 5.32 Å². The zero-order valence-electron chi connectivity index (χ0n) is 24.2. The number of nitrogens with zero attached hydrogens (tertiary/aromatic N) is 4. The van der Waals surface area contributed by atoms with E-state index in [0.717, 1.165) is 18.0 Å². The quantitative estimate of drug-likeness (QED) is 0.375. The van der Waals surface area contributed by atoms with E-state index in [1.165, 1.54) is 16.4 Å². The third-order valence-electron chi connectivity index (χ3n) is 7.73. The number of rotatable bonds is 10. The van der Waals surface area contributed by atoms with Gasteiger partial charge in [0.2, 0.25) is 15.9 Å². The summed E-state index contributed by atoms with van der Waals surface area (Å²) in [5.41, 5.74) is 1.02. The molecule has 42 heavy (non-hydrogen) atoms. The highest BCUT2D eigenvalue weighted by molar-refractivity contribution is 7.88. The number of benzene rings is 1. The van der Waals surface area contributed by atoms with Gasteiger partial charge in [-0.05, 0) is 36.5 Å². The molecular formula is C28H40F3N5O5S. The van der Waals surface area contributed by atoms with Gasteiger partial charge in [0.1, 0.15) is 0 Å². The van der Waals surface area contributed by atoms with Crippen LogP contribution in [0.1, 0.15) is 55.5 Å². The minimum Gasteiger partial charge on any atom is -0.393 e. The number of alkyl halides is 3. The van der Waals surface area contributed by atoms with Crippen LogP contribution in [0.2, 0.25) is 0 Å². The molecule has 3 heterocycles. The molecule has 10 nitrogen and oxygen atoms in total. The van der Waals surface area contributed by atoms with Crippen molar-refractivity contribution >= 4 is 15.9 Å². The fraction of sp³-hybridized carbons (Fsp3) is 0.643.